The number of rotatable bonds is 4. The number of carbonyl (C=O) groups is 1. The van der Waals surface area contributed by atoms with E-state index in [9.17, 15) is 9.90 Å². The zero-order valence-electron chi connectivity index (χ0n) is 10.8. The molecule has 1 fully saturated rings. The average molecular weight is 283 g/mol. The van der Waals surface area contributed by atoms with Crippen molar-refractivity contribution in [2.75, 3.05) is 25.0 Å². The minimum absolute atomic E-state index is 0.0480. The molecule has 1 aliphatic heterocycles. The Hall–Kier alpha value is -1.10. The fourth-order valence-corrected chi connectivity index (χ4v) is 2.45. The Morgan fingerprint density at radius 1 is 1.47 bits per heavy atom. The molecule has 0 bridgehead atoms. The van der Waals surface area contributed by atoms with Gasteiger partial charge >= 0.3 is 0 Å². The Bertz CT molecular complexity index is 439. The molecule has 2 N–H and O–H groups in total. The van der Waals surface area contributed by atoms with Crippen LogP contribution in [0.4, 0.5) is 5.69 Å². The smallest absolute Gasteiger partial charge is 0.225 e. The van der Waals surface area contributed by atoms with Gasteiger partial charge in [0.05, 0.1) is 16.8 Å². The number of aliphatic hydroxyl groups excluding tert-OH is 1. The van der Waals surface area contributed by atoms with E-state index < -0.39 is 0 Å². The van der Waals surface area contributed by atoms with Gasteiger partial charge in [-0.25, -0.2) is 0 Å². The lowest BCUT2D eigenvalue weighted by Gasteiger charge is -2.29. The van der Waals surface area contributed by atoms with E-state index in [0.29, 0.717) is 30.2 Å². The second-order valence-corrected chi connectivity index (χ2v) is 5.28. The Labute approximate surface area is 118 Å². The molecule has 1 heterocycles. The van der Waals surface area contributed by atoms with Gasteiger partial charge in [0, 0.05) is 19.5 Å². The quantitative estimate of drug-likeness (QED) is 0.889. The average Bonchev–Trinajstić information content (AvgIpc) is 2.39. The van der Waals surface area contributed by atoms with Crippen LogP contribution in [0.15, 0.2) is 24.3 Å². The molecule has 4 nitrogen and oxygen atoms in total. The predicted octanol–water partition coefficient (Wildman–Crippen LogP) is 2.13. The van der Waals surface area contributed by atoms with Gasteiger partial charge in [-0.05, 0) is 31.5 Å². The lowest BCUT2D eigenvalue weighted by molar-refractivity contribution is -0.116. The standard InChI is InChI=1S/C14H19ClN2O2/c15-12-5-1-2-6-13(12)16-14(19)7-9-17-8-3-4-11(18)10-17/h1-2,5-6,11,18H,3-4,7-10H2,(H,16,19)/t11-/m0/s1. The van der Waals surface area contributed by atoms with Gasteiger partial charge in [0.1, 0.15) is 0 Å². The number of likely N-dealkylation sites (tertiary alicyclic amines) is 1. The molecule has 19 heavy (non-hydrogen) atoms. The summed E-state index contributed by atoms with van der Waals surface area (Å²) in [6.07, 6.45) is 2.02. The Kier molecular flexibility index (Phi) is 5.19. The summed E-state index contributed by atoms with van der Waals surface area (Å²) in [7, 11) is 0. The van der Waals surface area contributed by atoms with Crippen LogP contribution in [-0.2, 0) is 4.79 Å². The summed E-state index contributed by atoms with van der Waals surface area (Å²) in [6, 6.07) is 7.19. The monoisotopic (exact) mass is 282 g/mol. The van der Waals surface area contributed by atoms with E-state index in [0.717, 1.165) is 19.4 Å². The van der Waals surface area contributed by atoms with Gasteiger partial charge in [-0.1, -0.05) is 23.7 Å². The molecule has 0 aliphatic carbocycles. The van der Waals surface area contributed by atoms with E-state index in [1.807, 2.05) is 12.1 Å². The lowest BCUT2D eigenvalue weighted by atomic mass is 10.1. The number of benzene rings is 1. The van der Waals surface area contributed by atoms with E-state index in [1.54, 1.807) is 12.1 Å². The fraction of sp³-hybridized carbons (Fsp3) is 0.500. The Morgan fingerprint density at radius 2 is 2.26 bits per heavy atom. The number of aliphatic hydroxyl groups is 1. The molecule has 104 valence electrons. The van der Waals surface area contributed by atoms with Gasteiger partial charge < -0.3 is 15.3 Å². The summed E-state index contributed by atoms with van der Waals surface area (Å²) >= 11 is 5.98. The maximum Gasteiger partial charge on any atom is 0.225 e. The molecule has 0 spiro atoms. The van der Waals surface area contributed by atoms with Crippen molar-refractivity contribution in [3.8, 4) is 0 Å². The van der Waals surface area contributed by atoms with Crippen LogP contribution in [0, 0.1) is 0 Å². The molecular formula is C14H19ClN2O2. The molecule has 5 heteroatoms. The van der Waals surface area contributed by atoms with Crippen molar-refractivity contribution < 1.29 is 9.90 Å². The summed E-state index contributed by atoms with van der Waals surface area (Å²) < 4.78 is 0. The molecule has 0 aromatic heterocycles. The number of piperidine rings is 1. The normalized spacial score (nSPS) is 20.2. The highest BCUT2D eigenvalue weighted by Gasteiger charge is 2.18. The van der Waals surface area contributed by atoms with Gasteiger partial charge in [0.15, 0.2) is 0 Å². The van der Waals surface area contributed by atoms with Crippen LogP contribution in [0.1, 0.15) is 19.3 Å². The number of amides is 1. The minimum Gasteiger partial charge on any atom is -0.392 e. The summed E-state index contributed by atoms with van der Waals surface area (Å²) in [5.41, 5.74) is 0.646. The molecule has 1 atom stereocenters. The maximum atomic E-state index is 11.8. The molecule has 2 rings (SSSR count). The first-order valence-electron chi connectivity index (χ1n) is 6.60. The second kappa shape index (κ2) is 6.89. The van der Waals surface area contributed by atoms with Crippen LogP contribution in [0.5, 0.6) is 0 Å². The SMILES string of the molecule is O=C(CCN1CCC[C@H](O)C1)Nc1ccccc1Cl. The van der Waals surface area contributed by atoms with E-state index >= 15 is 0 Å². The van der Waals surface area contributed by atoms with E-state index in [2.05, 4.69) is 10.2 Å². The fourth-order valence-electron chi connectivity index (χ4n) is 2.27. The summed E-state index contributed by atoms with van der Waals surface area (Å²) in [6.45, 7) is 2.29. The topological polar surface area (TPSA) is 52.6 Å². The van der Waals surface area contributed by atoms with Gasteiger partial charge in [-0.15, -0.1) is 0 Å². The predicted molar refractivity (Wildman–Crippen MR) is 76.4 cm³/mol. The zero-order chi connectivity index (χ0) is 13.7. The highest BCUT2D eigenvalue weighted by molar-refractivity contribution is 6.33. The molecular weight excluding hydrogens is 264 g/mol. The molecule has 1 aromatic rings. The molecule has 1 aromatic carbocycles. The molecule has 0 saturated carbocycles. The number of β-amino-alcohol motifs (C(OH)–C–C–N with tert-alkyl or cyclic N) is 1. The van der Waals surface area contributed by atoms with Gasteiger partial charge in [-0.2, -0.15) is 0 Å². The number of para-hydroxylation sites is 1. The number of hydrogen-bond acceptors (Lipinski definition) is 3. The molecule has 0 unspecified atom stereocenters. The van der Waals surface area contributed by atoms with Crippen molar-refractivity contribution >= 4 is 23.2 Å². The van der Waals surface area contributed by atoms with Crippen molar-refractivity contribution in [2.45, 2.75) is 25.4 Å². The zero-order valence-corrected chi connectivity index (χ0v) is 11.6. The van der Waals surface area contributed by atoms with Crippen molar-refractivity contribution in [2.24, 2.45) is 0 Å². The first kappa shape index (κ1) is 14.3. The third-order valence-electron chi connectivity index (χ3n) is 3.28. The van der Waals surface area contributed by atoms with Crippen LogP contribution in [-0.4, -0.2) is 41.7 Å². The molecule has 0 radical (unpaired) electrons. The number of nitrogens with zero attached hydrogens (tertiary/aromatic N) is 1. The molecule has 1 saturated heterocycles. The van der Waals surface area contributed by atoms with E-state index in [1.165, 1.54) is 0 Å². The first-order chi connectivity index (χ1) is 9.15. The Balaban J connectivity index is 1.77. The van der Waals surface area contributed by atoms with E-state index in [-0.39, 0.29) is 12.0 Å². The van der Waals surface area contributed by atoms with Crippen LogP contribution < -0.4 is 5.32 Å². The lowest BCUT2D eigenvalue weighted by Crippen LogP contribution is -2.39. The number of halogens is 1. The second-order valence-electron chi connectivity index (χ2n) is 4.87. The number of nitrogens with one attached hydrogen (secondary N) is 1. The largest absolute Gasteiger partial charge is 0.392 e. The molecule has 1 aliphatic rings. The van der Waals surface area contributed by atoms with E-state index in [4.69, 9.17) is 11.6 Å². The molecule has 1 amide bonds. The third kappa shape index (κ3) is 4.49. The minimum atomic E-state index is -0.250. The number of anilines is 1. The summed E-state index contributed by atoms with van der Waals surface area (Å²) in [5, 5.41) is 12.9. The number of hydrogen-bond donors (Lipinski definition) is 2. The van der Waals surface area contributed by atoms with Crippen molar-refractivity contribution in [1.29, 1.82) is 0 Å². The summed E-state index contributed by atoms with van der Waals surface area (Å²) in [4.78, 5) is 14.0. The maximum absolute atomic E-state index is 11.8. The highest BCUT2D eigenvalue weighted by atomic mass is 35.5. The Morgan fingerprint density at radius 3 is 3.00 bits per heavy atom. The van der Waals surface area contributed by atoms with Crippen LogP contribution in [0.3, 0.4) is 0 Å². The number of carbonyl (C=O) groups excluding carboxylic acids is 1. The van der Waals surface area contributed by atoms with Gasteiger partial charge in [0.25, 0.3) is 0 Å². The van der Waals surface area contributed by atoms with Crippen LogP contribution in [0.25, 0.3) is 0 Å². The summed E-state index contributed by atoms with van der Waals surface area (Å²) in [5.74, 6) is -0.0480. The van der Waals surface area contributed by atoms with Crippen molar-refractivity contribution in [3.05, 3.63) is 29.3 Å². The van der Waals surface area contributed by atoms with Crippen molar-refractivity contribution in [3.63, 3.8) is 0 Å². The van der Waals surface area contributed by atoms with Crippen molar-refractivity contribution in [1.82, 2.24) is 4.90 Å². The van der Waals surface area contributed by atoms with Crippen LogP contribution in [0.2, 0.25) is 5.02 Å². The van der Waals surface area contributed by atoms with Gasteiger partial charge in [-0.3, -0.25) is 4.79 Å². The van der Waals surface area contributed by atoms with Crippen LogP contribution >= 0.6 is 11.6 Å². The van der Waals surface area contributed by atoms with Gasteiger partial charge in [0.2, 0.25) is 5.91 Å². The highest BCUT2D eigenvalue weighted by Crippen LogP contribution is 2.20. The third-order valence-corrected chi connectivity index (χ3v) is 3.61. The first-order valence-corrected chi connectivity index (χ1v) is 6.98.